The van der Waals surface area contributed by atoms with Crippen molar-refractivity contribution in [2.45, 2.75) is 33.2 Å². The first-order valence-electron chi connectivity index (χ1n) is 10.4. The molecule has 1 aromatic carbocycles. The fourth-order valence-corrected chi connectivity index (χ4v) is 3.78. The van der Waals surface area contributed by atoms with Gasteiger partial charge >= 0.3 is 0 Å². The smallest absolute Gasteiger partial charge is 0.191 e. The number of piperazine rings is 1. The molecule has 1 saturated heterocycles. The molecule has 2 N–H and O–H groups in total. The number of benzene rings is 1. The largest absolute Gasteiger partial charge is 0.496 e. The Labute approximate surface area is 194 Å². The number of hydrogen-bond donors (Lipinski definition) is 2. The molecule has 1 aliphatic heterocycles. The Bertz CT molecular complexity index is 630. The van der Waals surface area contributed by atoms with Crippen molar-refractivity contribution in [3.05, 3.63) is 29.3 Å². The van der Waals surface area contributed by atoms with Crippen LogP contribution in [0.2, 0.25) is 0 Å². The third-order valence-corrected chi connectivity index (χ3v) is 5.60. The van der Waals surface area contributed by atoms with Gasteiger partial charge in [-0.05, 0) is 37.9 Å². The molecule has 0 amide bonds. The highest BCUT2D eigenvalue weighted by Crippen LogP contribution is 2.19. The fraction of sp³-hybridized carbons (Fsp3) is 0.682. The second-order valence-corrected chi connectivity index (χ2v) is 8.10. The molecule has 0 aliphatic carbocycles. The quantitative estimate of drug-likeness (QED) is 0.316. The highest BCUT2D eigenvalue weighted by atomic mass is 127. The molecule has 0 spiro atoms. The molecule has 1 aliphatic rings. The number of halogens is 1. The molecule has 1 aromatic rings. The van der Waals surface area contributed by atoms with Crippen molar-refractivity contribution in [3.8, 4) is 5.75 Å². The molecule has 0 saturated carbocycles. The Hall–Kier alpha value is -1.06. The maximum atomic E-state index is 5.48. The maximum Gasteiger partial charge on any atom is 0.191 e. The summed E-state index contributed by atoms with van der Waals surface area (Å²) in [5.41, 5.74) is 2.48. The summed E-state index contributed by atoms with van der Waals surface area (Å²) in [6.45, 7) is 13.0. The lowest BCUT2D eigenvalue weighted by atomic mass is 10.0. The van der Waals surface area contributed by atoms with Gasteiger partial charge in [-0.3, -0.25) is 9.89 Å². The molecule has 0 radical (unpaired) electrons. The summed E-state index contributed by atoms with van der Waals surface area (Å²) in [4.78, 5) is 9.42. The van der Waals surface area contributed by atoms with Gasteiger partial charge in [0.25, 0.3) is 0 Å². The monoisotopic (exact) mass is 517 g/mol. The molecule has 6 nitrogen and oxygen atoms in total. The molecular weight excluding hydrogens is 477 g/mol. The second-order valence-electron chi connectivity index (χ2n) is 8.10. The van der Waals surface area contributed by atoms with Crippen molar-refractivity contribution in [2.24, 2.45) is 10.9 Å². The van der Waals surface area contributed by atoms with E-state index in [1.807, 2.05) is 13.1 Å². The van der Waals surface area contributed by atoms with Crippen LogP contribution in [0.1, 0.15) is 25.0 Å². The van der Waals surface area contributed by atoms with Crippen molar-refractivity contribution in [1.29, 1.82) is 0 Å². The number of guanidine groups is 1. The van der Waals surface area contributed by atoms with E-state index < -0.39 is 0 Å². The van der Waals surface area contributed by atoms with E-state index in [2.05, 4.69) is 65.4 Å². The minimum Gasteiger partial charge on any atom is -0.496 e. The minimum absolute atomic E-state index is 0. The fourth-order valence-electron chi connectivity index (χ4n) is 3.78. The molecule has 0 bridgehead atoms. The Morgan fingerprint density at radius 1 is 1.17 bits per heavy atom. The number of likely N-dealkylation sites (N-methyl/N-ethyl adjacent to an activating group) is 1. The van der Waals surface area contributed by atoms with Crippen molar-refractivity contribution >= 4 is 29.9 Å². The summed E-state index contributed by atoms with van der Waals surface area (Å²) in [6.07, 6.45) is 0.900. The Morgan fingerprint density at radius 2 is 1.86 bits per heavy atom. The van der Waals surface area contributed by atoms with E-state index in [0.29, 0.717) is 12.0 Å². The second kappa shape index (κ2) is 13.3. The summed E-state index contributed by atoms with van der Waals surface area (Å²) < 4.78 is 5.48. The zero-order valence-corrected chi connectivity index (χ0v) is 21.3. The summed E-state index contributed by atoms with van der Waals surface area (Å²) in [7, 11) is 5.77. The molecular formula is C22H40IN5O. The number of rotatable bonds is 8. The average Bonchev–Trinajstić information content (AvgIpc) is 2.68. The highest BCUT2D eigenvalue weighted by Gasteiger charge is 2.25. The third-order valence-electron chi connectivity index (χ3n) is 5.60. The molecule has 2 rings (SSSR count). The normalized spacial score (nSPS) is 17.0. The first-order valence-corrected chi connectivity index (χ1v) is 10.4. The van der Waals surface area contributed by atoms with Crippen LogP contribution < -0.4 is 15.4 Å². The van der Waals surface area contributed by atoms with Gasteiger partial charge in [0.05, 0.1) is 7.11 Å². The van der Waals surface area contributed by atoms with Crippen molar-refractivity contribution < 1.29 is 4.74 Å². The molecule has 0 aromatic heterocycles. The summed E-state index contributed by atoms with van der Waals surface area (Å²) in [5, 5.41) is 6.99. The Balaban J connectivity index is 0.00000420. The van der Waals surface area contributed by atoms with Crippen molar-refractivity contribution in [1.82, 2.24) is 20.4 Å². The van der Waals surface area contributed by atoms with Gasteiger partial charge < -0.3 is 20.3 Å². The zero-order chi connectivity index (χ0) is 20.5. The van der Waals surface area contributed by atoms with Gasteiger partial charge in [-0.25, -0.2) is 0 Å². The molecule has 1 atom stereocenters. The highest BCUT2D eigenvalue weighted by molar-refractivity contribution is 14.0. The lowest BCUT2D eigenvalue weighted by Crippen LogP contribution is -2.55. The summed E-state index contributed by atoms with van der Waals surface area (Å²) in [5.74, 6) is 2.42. The van der Waals surface area contributed by atoms with Crippen LogP contribution in [-0.2, 0) is 6.42 Å². The van der Waals surface area contributed by atoms with Crippen LogP contribution >= 0.6 is 24.0 Å². The van der Waals surface area contributed by atoms with E-state index in [1.54, 1.807) is 7.11 Å². The van der Waals surface area contributed by atoms with Crippen molar-refractivity contribution in [3.63, 3.8) is 0 Å². The molecule has 7 heteroatoms. The van der Waals surface area contributed by atoms with Gasteiger partial charge in [0.15, 0.2) is 5.96 Å². The van der Waals surface area contributed by atoms with Gasteiger partial charge in [-0.2, -0.15) is 0 Å². The number of nitrogens with zero attached hydrogens (tertiary/aromatic N) is 3. The SMILES string of the molecule is CN=C(NCCc1cc(C)ccc1OC)NCC(C(C)C)N1CCN(C)CC1.I. The number of aryl methyl sites for hydroxylation is 1. The van der Waals surface area contributed by atoms with E-state index in [1.165, 1.54) is 11.1 Å². The lowest BCUT2D eigenvalue weighted by Gasteiger charge is -2.40. The topological polar surface area (TPSA) is 52.1 Å². The van der Waals surface area contributed by atoms with Gasteiger partial charge in [-0.15, -0.1) is 24.0 Å². The van der Waals surface area contributed by atoms with Crippen LogP contribution in [0.3, 0.4) is 0 Å². The predicted molar refractivity (Wildman–Crippen MR) is 134 cm³/mol. The van der Waals surface area contributed by atoms with Gasteiger partial charge in [0.2, 0.25) is 0 Å². The number of aliphatic imine (C=N–C) groups is 1. The number of hydrogen-bond acceptors (Lipinski definition) is 4. The average molecular weight is 518 g/mol. The van der Waals surface area contributed by atoms with Crippen molar-refractivity contribution in [2.75, 3.05) is 60.5 Å². The van der Waals surface area contributed by atoms with E-state index in [4.69, 9.17) is 4.74 Å². The van der Waals surface area contributed by atoms with Crippen LogP contribution in [0, 0.1) is 12.8 Å². The van der Waals surface area contributed by atoms with Crippen LogP contribution in [-0.4, -0.2) is 82.3 Å². The number of methoxy groups -OCH3 is 1. The summed E-state index contributed by atoms with van der Waals surface area (Å²) >= 11 is 0. The summed E-state index contributed by atoms with van der Waals surface area (Å²) in [6, 6.07) is 6.84. The van der Waals surface area contributed by atoms with Gasteiger partial charge in [0, 0.05) is 52.4 Å². The number of ether oxygens (including phenoxy) is 1. The molecule has 1 heterocycles. The van der Waals surface area contributed by atoms with Gasteiger partial charge in [0.1, 0.15) is 5.75 Å². The predicted octanol–water partition coefficient (Wildman–Crippen LogP) is 2.60. The first-order chi connectivity index (χ1) is 13.4. The Morgan fingerprint density at radius 3 is 2.45 bits per heavy atom. The molecule has 29 heavy (non-hydrogen) atoms. The van der Waals surface area contributed by atoms with Crippen LogP contribution in [0.4, 0.5) is 0 Å². The molecule has 166 valence electrons. The van der Waals surface area contributed by atoms with Gasteiger partial charge in [-0.1, -0.05) is 31.5 Å². The van der Waals surface area contributed by atoms with Crippen LogP contribution in [0.15, 0.2) is 23.2 Å². The Kier molecular flexibility index (Phi) is 11.9. The van der Waals surface area contributed by atoms with E-state index in [-0.39, 0.29) is 24.0 Å². The van der Waals surface area contributed by atoms with Crippen LogP contribution in [0.5, 0.6) is 5.75 Å². The molecule has 1 unspecified atom stereocenters. The third kappa shape index (κ3) is 8.30. The van der Waals surface area contributed by atoms with E-state index in [9.17, 15) is 0 Å². The van der Waals surface area contributed by atoms with E-state index >= 15 is 0 Å². The molecule has 1 fully saturated rings. The van der Waals surface area contributed by atoms with Crippen LogP contribution in [0.25, 0.3) is 0 Å². The minimum atomic E-state index is 0. The maximum absolute atomic E-state index is 5.48. The zero-order valence-electron chi connectivity index (χ0n) is 19.0. The lowest BCUT2D eigenvalue weighted by molar-refractivity contribution is 0.0900. The standard InChI is InChI=1S/C22H39N5O.HI/c1-17(2)20(27-13-11-26(5)12-14-27)16-25-22(23-4)24-10-9-19-15-18(3)7-8-21(19)28-6;/h7-8,15,17,20H,9-14,16H2,1-6H3,(H2,23,24,25);1H. The van der Waals surface area contributed by atoms with E-state index in [0.717, 1.165) is 57.4 Å². The number of nitrogens with one attached hydrogen (secondary N) is 2. The first kappa shape index (κ1) is 26.0.